The van der Waals surface area contributed by atoms with E-state index in [0.29, 0.717) is 12.5 Å². The zero-order valence-electron chi connectivity index (χ0n) is 20.0. The van der Waals surface area contributed by atoms with Gasteiger partial charge in [-0.1, -0.05) is 12.1 Å². The molecule has 184 valence electrons. The number of nitrogens with two attached hydrogens (primary N) is 1. The number of carboxylic acids is 1. The van der Waals surface area contributed by atoms with Crippen molar-refractivity contribution in [1.82, 2.24) is 14.9 Å². The predicted molar refractivity (Wildman–Crippen MR) is 140 cm³/mol. The van der Waals surface area contributed by atoms with Crippen LogP contribution in [0.1, 0.15) is 24.8 Å². The molecule has 3 aromatic rings. The highest BCUT2D eigenvalue weighted by Gasteiger charge is 2.20. The second-order valence-electron chi connectivity index (χ2n) is 9.07. The molecule has 1 aliphatic heterocycles. The Hall–Kier alpha value is -3.49. The Bertz CT molecular complexity index is 1100. The number of carboxylic acid groups (broad SMARTS) is 1. The second-order valence-corrected chi connectivity index (χ2v) is 9.07. The third-order valence-electron chi connectivity index (χ3n) is 6.33. The fourth-order valence-electron chi connectivity index (χ4n) is 4.46. The molecule has 0 spiro atoms. The van der Waals surface area contributed by atoms with Gasteiger partial charge in [0.25, 0.3) is 0 Å². The minimum Gasteiger partial charge on any atom is -0.480 e. The third kappa shape index (κ3) is 7.50. The number of likely N-dealkylation sites (tertiary alicyclic amines) is 1. The molecule has 4 rings (SSSR count). The molecule has 1 aliphatic rings. The van der Waals surface area contributed by atoms with Gasteiger partial charge in [-0.2, -0.15) is 0 Å². The SMILES string of the molecule is NCCCNc1ccc(-c2ccnc(Nc3cccc(CC4CCN(CC(=O)O)CC4)c3)c2)cn1. The van der Waals surface area contributed by atoms with Crippen molar-refractivity contribution in [1.29, 1.82) is 0 Å². The smallest absolute Gasteiger partial charge is 0.317 e. The Morgan fingerprint density at radius 3 is 2.66 bits per heavy atom. The average molecular weight is 475 g/mol. The van der Waals surface area contributed by atoms with Gasteiger partial charge in [-0.25, -0.2) is 9.97 Å². The molecule has 0 atom stereocenters. The van der Waals surface area contributed by atoms with Gasteiger partial charge < -0.3 is 21.5 Å². The predicted octanol–water partition coefficient (Wildman–Crippen LogP) is 3.99. The van der Waals surface area contributed by atoms with Gasteiger partial charge in [0.05, 0.1) is 6.54 Å². The van der Waals surface area contributed by atoms with Crippen LogP contribution < -0.4 is 16.4 Å². The summed E-state index contributed by atoms with van der Waals surface area (Å²) < 4.78 is 0. The monoisotopic (exact) mass is 474 g/mol. The molecule has 2 aromatic heterocycles. The van der Waals surface area contributed by atoms with Gasteiger partial charge in [-0.3, -0.25) is 9.69 Å². The molecule has 0 bridgehead atoms. The number of carbonyl (C=O) groups is 1. The fraction of sp³-hybridized carbons (Fsp3) is 0.370. The third-order valence-corrected chi connectivity index (χ3v) is 6.33. The number of aromatic nitrogens is 2. The largest absolute Gasteiger partial charge is 0.480 e. The van der Waals surface area contributed by atoms with Crippen LogP contribution in [0.25, 0.3) is 11.1 Å². The van der Waals surface area contributed by atoms with Gasteiger partial charge in [-0.15, -0.1) is 0 Å². The van der Waals surface area contributed by atoms with Crippen molar-refractivity contribution in [2.45, 2.75) is 25.7 Å². The molecule has 0 radical (unpaired) electrons. The topological polar surface area (TPSA) is 116 Å². The van der Waals surface area contributed by atoms with Crippen molar-refractivity contribution >= 4 is 23.3 Å². The highest BCUT2D eigenvalue weighted by atomic mass is 16.4. The van der Waals surface area contributed by atoms with Gasteiger partial charge in [0.15, 0.2) is 0 Å². The first-order chi connectivity index (χ1) is 17.1. The Morgan fingerprint density at radius 2 is 1.91 bits per heavy atom. The van der Waals surface area contributed by atoms with Gasteiger partial charge in [-0.05, 0) is 98.8 Å². The average Bonchev–Trinajstić information content (AvgIpc) is 2.86. The van der Waals surface area contributed by atoms with E-state index in [4.69, 9.17) is 10.8 Å². The Kier molecular flexibility index (Phi) is 8.64. The minimum absolute atomic E-state index is 0.143. The van der Waals surface area contributed by atoms with Crippen LogP contribution in [-0.2, 0) is 11.2 Å². The lowest BCUT2D eigenvalue weighted by atomic mass is 9.90. The first kappa shape index (κ1) is 24.6. The number of hydrogen-bond acceptors (Lipinski definition) is 7. The molecule has 1 fully saturated rings. The van der Waals surface area contributed by atoms with Gasteiger partial charge in [0.2, 0.25) is 0 Å². The standard InChI is InChI=1S/C27H34N6O2/c28-10-2-11-29-25-6-5-23(18-31-25)22-7-12-30-26(17-22)32-24-4-1-3-21(16-24)15-20-8-13-33(14-9-20)19-27(34)35/h1,3-7,12,16-18,20H,2,8-11,13-15,19,28H2,(H,29,31)(H,30,32)(H,34,35). The lowest BCUT2D eigenvalue weighted by Crippen LogP contribution is -2.37. The molecule has 8 nitrogen and oxygen atoms in total. The quantitative estimate of drug-likeness (QED) is 0.308. The van der Waals surface area contributed by atoms with Crippen molar-refractivity contribution in [3.8, 4) is 11.1 Å². The molecule has 1 saturated heterocycles. The van der Waals surface area contributed by atoms with Crippen LogP contribution in [0, 0.1) is 5.92 Å². The summed E-state index contributed by atoms with van der Waals surface area (Å²) in [6.07, 6.45) is 7.65. The Morgan fingerprint density at radius 1 is 1.06 bits per heavy atom. The van der Waals surface area contributed by atoms with Crippen LogP contribution >= 0.6 is 0 Å². The van der Waals surface area contributed by atoms with Crippen LogP contribution in [0.5, 0.6) is 0 Å². The zero-order valence-corrected chi connectivity index (χ0v) is 20.0. The second kappa shape index (κ2) is 12.3. The molecular formula is C27H34N6O2. The molecule has 0 saturated carbocycles. The molecule has 8 heteroatoms. The van der Waals surface area contributed by atoms with Gasteiger partial charge in [0, 0.05) is 30.2 Å². The Balaban J connectivity index is 1.35. The number of hydrogen-bond donors (Lipinski definition) is 4. The number of rotatable bonds is 11. The molecular weight excluding hydrogens is 440 g/mol. The van der Waals surface area contributed by atoms with E-state index in [-0.39, 0.29) is 6.54 Å². The van der Waals surface area contributed by atoms with Crippen LogP contribution in [-0.4, -0.2) is 58.7 Å². The van der Waals surface area contributed by atoms with E-state index in [0.717, 1.165) is 73.8 Å². The van der Waals surface area contributed by atoms with Crippen molar-refractivity contribution in [2.75, 3.05) is 43.4 Å². The summed E-state index contributed by atoms with van der Waals surface area (Å²) in [7, 11) is 0. The summed E-state index contributed by atoms with van der Waals surface area (Å²) in [5.41, 5.74) is 9.91. The van der Waals surface area contributed by atoms with Gasteiger partial charge >= 0.3 is 5.97 Å². The van der Waals surface area contributed by atoms with Crippen LogP contribution in [0.15, 0.2) is 60.9 Å². The molecule has 3 heterocycles. The van der Waals surface area contributed by atoms with E-state index in [9.17, 15) is 4.79 Å². The van der Waals surface area contributed by atoms with Crippen LogP contribution in [0.3, 0.4) is 0 Å². The normalized spacial score (nSPS) is 14.5. The number of nitrogens with zero attached hydrogens (tertiary/aromatic N) is 3. The Labute approximate surface area is 206 Å². The van der Waals surface area contributed by atoms with E-state index < -0.39 is 5.97 Å². The highest BCUT2D eigenvalue weighted by molar-refractivity contribution is 5.69. The first-order valence-corrected chi connectivity index (χ1v) is 12.3. The fourth-order valence-corrected chi connectivity index (χ4v) is 4.46. The van der Waals surface area contributed by atoms with Crippen molar-refractivity contribution < 1.29 is 9.90 Å². The molecule has 0 aliphatic carbocycles. The maximum absolute atomic E-state index is 10.9. The van der Waals surface area contributed by atoms with Crippen molar-refractivity contribution in [3.63, 3.8) is 0 Å². The molecule has 0 unspecified atom stereocenters. The van der Waals surface area contributed by atoms with E-state index >= 15 is 0 Å². The molecule has 1 aromatic carbocycles. The van der Waals surface area contributed by atoms with E-state index in [1.54, 1.807) is 6.20 Å². The van der Waals surface area contributed by atoms with Crippen molar-refractivity contribution in [3.05, 3.63) is 66.5 Å². The minimum atomic E-state index is -0.747. The van der Waals surface area contributed by atoms with Crippen LogP contribution in [0.4, 0.5) is 17.3 Å². The number of nitrogens with one attached hydrogen (secondary N) is 2. The first-order valence-electron chi connectivity index (χ1n) is 12.3. The highest BCUT2D eigenvalue weighted by Crippen LogP contribution is 2.26. The van der Waals surface area contributed by atoms with Crippen molar-refractivity contribution in [2.24, 2.45) is 11.7 Å². The lowest BCUT2D eigenvalue weighted by molar-refractivity contribution is -0.138. The van der Waals surface area contributed by atoms with E-state index in [1.807, 2.05) is 29.3 Å². The summed E-state index contributed by atoms with van der Waals surface area (Å²) in [6, 6.07) is 16.5. The number of anilines is 3. The molecule has 0 amide bonds. The molecule has 35 heavy (non-hydrogen) atoms. The maximum Gasteiger partial charge on any atom is 0.317 e. The van der Waals surface area contributed by atoms with E-state index in [2.05, 4.69) is 50.9 Å². The molecule has 5 N–H and O–H groups in total. The lowest BCUT2D eigenvalue weighted by Gasteiger charge is -2.30. The summed E-state index contributed by atoms with van der Waals surface area (Å²) in [6.45, 7) is 3.32. The number of benzene rings is 1. The maximum atomic E-state index is 10.9. The van der Waals surface area contributed by atoms with E-state index in [1.165, 1.54) is 5.56 Å². The number of aliphatic carboxylic acids is 1. The summed E-state index contributed by atoms with van der Waals surface area (Å²) in [4.78, 5) is 21.9. The summed E-state index contributed by atoms with van der Waals surface area (Å²) in [5.74, 6) is 1.46. The zero-order chi connectivity index (χ0) is 24.5. The summed E-state index contributed by atoms with van der Waals surface area (Å²) in [5, 5.41) is 15.7. The van der Waals surface area contributed by atoms with Crippen LogP contribution in [0.2, 0.25) is 0 Å². The summed E-state index contributed by atoms with van der Waals surface area (Å²) >= 11 is 0. The van der Waals surface area contributed by atoms with Gasteiger partial charge in [0.1, 0.15) is 11.6 Å². The number of pyridine rings is 2. The number of piperidine rings is 1.